The first kappa shape index (κ1) is 12.8. The van der Waals surface area contributed by atoms with Crippen LogP contribution < -0.4 is 10.2 Å². The average Bonchev–Trinajstić information content (AvgIpc) is 3.09. The Morgan fingerprint density at radius 3 is 2.65 bits per heavy atom. The standard InChI is InChI=1S/C13H19N7/c1-3-14-12-16-11(10-8-15-19(2)9-10)17-13(18-12)20-6-4-5-7-20/h8-9H,3-7H2,1-2H3,(H,14,16,17,18). The second kappa shape index (κ2) is 5.44. The number of rotatable bonds is 4. The van der Waals surface area contributed by atoms with Crippen LogP contribution in [0.25, 0.3) is 11.4 Å². The molecule has 0 atom stereocenters. The predicted octanol–water partition coefficient (Wildman–Crippen LogP) is 1.30. The molecule has 2 aromatic heterocycles. The minimum atomic E-state index is 0.628. The van der Waals surface area contributed by atoms with Crippen LogP contribution in [0.3, 0.4) is 0 Å². The van der Waals surface area contributed by atoms with E-state index in [1.807, 2.05) is 20.2 Å². The summed E-state index contributed by atoms with van der Waals surface area (Å²) in [6.07, 6.45) is 6.09. The molecule has 0 unspecified atom stereocenters. The molecule has 1 N–H and O–H groups in total. The summed E-state index contributed by atoms with van der Waals surface area (Å²) in [7, 11) is 1.89. The van der Waals surface area contributed by atoms with Crippen molar-refractivity contribution in [1.29, 1.82) is 0 Å². The van der Waals surface area contributed by atoms with Gasteiger partial charge in [-0.1, -0.05) is 0 Å². The van der Waals surface area contributed by atoms with E-state index in [0.717, 1.165) is 31.1 Å². The topological polar surface area (TPSA) is 71.8 Å². The summed E-state index contributed by atoms with van der Waals surface area (Å²) >= 11 is 0. The van der Waals surface area contributed by atoms with Crippen molar-refractivity contribution in [3.63, 3.8) is 0 Å². The summed E-state index contributed by atoms with van der Waals surface area (Å²) in [6.45, 7) is 4.85. The molecule has 7 nitrogen and oxygen atoms in total. The lowest BCUT2D eigenvalue weighted by molar-refractivity contribution is 0.768. The van der Waals surface area contributed by atoms with Crippen LogP contribution in [0, 0.1) is 0 Å². The molecule has 0 aliphatic carbocycles. The van der Waals surface area contributed by atoms with Crippen molar-refractivity contribution in [3.8, 4) is 11.4 Å². The normalized spacial score (nSPS) is 14.8. The van der Waals surface area contributed by atoms with Gasteiger partial charge in [-0.15, -0.1) is 0 Å². The maximum atomic E-state index is 4.59. The van der Waals surface area contributed by atoms with Gasteiger partial charge >= 0.3 is 0 Å². The van der Waals surface area contributed by atoms with E-state index in [-0.39, 0.29) is 0 Å². The molecule has 0 aromatic carbocycles. The van der Waals surface area contributed by atoms with Gasteiger partial charge in [0, 0.05) is 32.9 Å². The second-order valence-electron chi connectivity index (χ2n) is 4.91. The van der Waals surface area contributed by atoms with Crippen molar-refractivity contribution >= 4 is 11.9 Å². The third-order valence-corrected chi connectivity index (χ3v) is 3.31. The van der Waals surface area contributed by atoms with Gasteiger partial charge in [-0.3, -0.25) is 4.68 Å². The molecular weight excluding hydrogens is 254 g/mol. The lowest BCUT2D eigenvalue weighted by Gasteiger charge is -2.16. The smallest absolute Gasteiger partial charge is 0.230 e. The maximum absolute atomic E-state index is 4.59. The molecule has 0 amide bonds. The van der Waals surface area contributed by atoms with E-state index in [0.29, 0.717) is 11.8 Å². The number of nitrogens with one attached hydrogen (secondary N) is 1. The summed E-state index contributed by atoms with van der Waals surface area (Å²) in [5, 5.41) is 7.35. The number of anilines is 2. The third-order valence-electron chi connectivity index (χ3n) is 3.31. The van der Waals surface area contributed by atoms with Gasteiger partial charge in [0.15, 0.2) is 5.82 Å². The number of aryl methyl sites for hydroxylation is 1. The number of hydrogen-bond acceptors (Lipinski definition) is 6. The SMILES string of the molecule is CCNc1nc(-c2cnn(C)c2)nc(N2CCCC2)n1. The quantitative estimate of drug-likeness (QED) is 0.905. The molecule has 1 saturated heterocycles. The highest BCUT2D eigenvalue weighted by Gasteiger charge is 2.18. The van der Waals surface area contributed by atoms with Crippen LogP contribution in [0.1, 0.15) is 19.8 Å². The highest BCUT2D eigenvalue weighted by molar-refractivity contribution is 5.56. The molecule has 0 radical (unpaired) electrons. The van der Waals surface area contributed by atoms with Gasteiger partial charge in [-0.05, 0) is 19.8 Å². The molecule has 1 aliphatic heterocycles. The van der Waals surface area contributed by atoms with Crippen molar-refractivity contribution in [2.24, 2.45) is 7.05 Å². The summed E-state index contributed by atoms with van der Waals surface area (Å²) in [4.78, 5) is 15.8. The van der Waals surface area contributed by atoms with Crippen LogP contribution in [0.15, 0.2) is 12.4 Å². The Morgan fingerprint density at radius 1 is 1.20 bits per heavy atom. The van der Waals surface area contributed by atoms with E-state index in [9.17, 15) is 0 Å². The molecule has 20 heavy (non-hydrogen) atoms. The Bertz CT molecular complexity index is 586. The molecule has 1 fully saturated rings. The molecule has 0 saturated carbocycles. The highest BCUT2D eigenvalue weighted by Crippen LogP contribution is 2.21. The molecule has 0 bridgehead atoms. The summed E-state index contributed by atoms with van der Waals surface area (Å²) in [5.41, 5.74) is 0.912. The lowest BCUT2D eigenvalue weighted by Crippen LogP contribution is -2.21. The van der Waals surface area contributed by atoms with E-state index >= 15 is 0 Å². The van der Waals surface area contributed by atoms with Gasteiger partial charge in [0.05, 0.1) is 11.8 Å². The maximum Gasteiger partial charge on any atom is 0.230 e. The van der Waals surface area contributed by atoms with Gasteiger partial charge in [0.25, 0.3) is 0 Å². The fourth-order valence-electron chi connectivity index (χ4n) is 2.33. The van der Waals surface area contributed by atoms with Crippen LogP contribution in [-0.2, 0) is 7.05 Å². The van der Waals surface area contributed by atoms with Crippen molar-refractivity contribution in [1.82, 2.24) is 24.7 Å². The first-order valence-electron chi connectivity index (χ1n) is 7.00. The number of nitrogens with zero attached hydrogens (tertiary/aromatic N) is 6. The molecule has 3 rings (SSSR count). The van der Waals surface area contributed by atoms with Gasteiger partial charge in [-0.25, -0.2) is 0 Å². The van der Waals surface area contributed by atoms with Gasteiger partial charge in [-0.2, -0.15) is 20.1 Å². The number of aromatic nitrogens is 5. The van der Waals surface area contributed by atoms with Gasteiger partial charge in [0.1, 0.15) is 0 Å². The lowest BCUT2D eigenvalue weighted by atomic mass is 10.3. The fraction of sp³-hybridized carbons (Fsp3) is 0.538. The summed E-state index contributed by atoms with van der Waals surface area (Å²) in [6, 6.07) is 0. The molecule has 2 aromatic rings. The van der Waals surface area contributed by atoms with Crippen molar-refractivity contribution < 1.29 is 0 Å². The number of hydrogen-bond donors (Lipinski definition) is 1. The molecule has 1 aliphatic rings. The van der Waals surface area contributed by atoms with E-state index in [2.05, 4.69) is 30.3 Å². The first-order chi connectivity index (χ1) is 9.76. The molecule has 0 spiro atoms. The minimum Gasteiger partial charge on any atom is -0.354 e. The van der Waals surface area contributed by atoms with Gasteiger partial charge < -0.3 is 10.2 Å². The Balaban J connectivity index is 1.99. The van der Waals surface area contributed by atoms with Crippen molar-refractivity contribution in [3.05, 3.63) is 12.4 Å². The first-order valence-corrected chi connectivity index (χ1v) is 7.00. The average molecular weight is 273 g/mol. The monoisotopic (exact) mass is 273 g/mol. The summed E-state index contributed by atoms with van der Waals surface area (Å²) in [5.74, 6) is 2.06. The van der Waals surface area contributed by atoms with Crippen LogP contribution in [0.4, 0.5) is 11.9 Å². The van der Waals surface area contributed by atoms with Crippen LogP contribution in [0.2, 0.25) is 0 Å². The molecular formula is C13H19N7. The largest absolute Gasteiger partial charge is 0.354 e. The fourth-order valence-corrected chi connectivity index (χ4v) is 2.33. The van der Waals surface area contributed by atoms with E-state index in [1.54, 1.807) is 10.9 Å². The Morgan fingerprint density at radius 2 is 2.00 bits per heavy atom. The summed E-state index contributed by atoms with van der Waals surface area (Å²) < 4.78 is 1.75. The van der Waals surface area contributed by atoms with Crippen molar-refractivity contribution in [2.75, 3.05) is 29.9 Å². The Labute approximate surface area is 118 Å². The third kappa shape index (κ3) is 2.56. The molecule has 7 heteroatoms. The van der Waals surface area contributed by atoms with Gasteiger partial charge in [0.2, 0.25) is 11.9 Å². The Hall–Kier alpha value is -2.18. The second-order valence-corrected chi connectivity index (χ2v) is 4.91. The predicted molar refractivity (Wildman–Crippen MR) is 77.6 cm³/mol. The molecule has 106 valence electrons. The van der Waals surface area contributed by atoms with E-state index in [1.165, 1.54) is 12.8 Å². The van der Waals surface area contributed by atoms with Crippen LogP contribution in [-0.4, -0.2) is 44.4 Å². The zero-order chi connectivity index (χ0) is 13.9. The zero-order valence-electron chi connectivity index (χ0n) is 11.9. The molecule has 3 heterocycles. The zero-order valence-corrected chi connectivity index (χ0v) is 11.9. The van der Waals surface area contributed by atoms with Crippen LogP contribution in [0.5, 0.6) is 0 Å². The van der Waals surface area contributed by atoms with Crippen LogP contribution >= 0.6 is 0 Å². The Kier molecular flexibility index (Phi) is 3.49. The highest BCUT2D eigenvalue weighted by atomic mass is 15.3. The van der Waals surface area contributed by atoms with E-state index in [4.69, 9.17) is 0 Å². The van der Waals surface area contributed by atoms with E-state index < -0.39 is 0 Å². The van der Waals surface area contributed by atoms with Crippen molar-refractivity contribution in [2.45, 2.75) is 19.8 Å². The minimum absolute atomic E-state index is 0.628.